The molecule has 1 N–H and O–H groups in total. The van der Waals surface area contributed by atoms with Crippen molar-refractivity contribution in [3.05, 3.63) is 12.7 Å². The van der Waals surface area contributed by atoms with E-state index in [0.29, 0.717) is 6.10 Å². The quantitative estimate of drug-likeness (QED) is 0.319. The average molecular weight is 520 g/mol. The summed E-state index contributed by atoms with van der Waals surface area (Å²) < 4.78 is 6.12. The fourth-order valence-corrected chi connectivity index (χ4v) is 9.40. The first-order valence-corrected chi connectivity index (χ1v) is 15.3. The number of hydrogen-bond acceptors (Lipinski definition) is 2. The Morgan fingerprint density at radius 3 is 2.14 bits per heavy atom. The molecule has 0 radical (unpaired) electrons. The molecule has 5 heteroatoms. The molecule has 0 aromatic carbocycles. The summed E-state index contributed by atoms with van der Waals surface area (Å²) in [5.74, 6) is 2.44. The van der Waals surface area contributed by atoms with Crippen LogP contribution in [0.15, 0.2) is 12.7 Å². The second kappa shape index (κ2) is 8.99. The van der Waals surface area contributed by atoms with E-state index in [-0.39, 0.29) is 21.1 Å². The van der Waals surface area contributed by atoms with E-state index in [1.807, 2.05) is 6.08 Å². The van der Waals surface area contributed by atoms with Gasteiger partial charge in [0, 0.05) is 21.1 Å². The van der Waals surface area contributed by atoms with Crippen LogP contribution in [0.5, 0.6) is 0 Å². The standard InChI is InChI=1S/C9H20OSi2.C8H12O.Pt/c1-6-9-7-8-11(2,3)12(4,5)10-9;1-2-8(9)6-4-3-5-7-8;/h6,9H,1,7-8H2,2-5H3;1,9H,3-7H2;. The second-order valence-electron chi connectivity index (χ2n) is 7.56. The van der Waals surface area contributed by atoms with E-state index >= 15 is 0 Å². The minimum Gasteiger partial charge on any atom is -0.414 e. The molecule has 0 amide bonds. The molecule has 2 aliphatic rings. The van der Waals surface area contributed by atoms with Crippen LogP contribution in [0.25, 0.3) is 0 Å². The summed E-state index contributed by atoms with van der Waals surface area (Å²) in [5.41, 5.74) is -0.752. The Balaban J connectivity index is 0.000000397. The molecule has 0 aromatic heterocycles. The Labute approximate surface area is 153 Å². The summed E-state index contributed by atoms with van der Waals surface area (Å²) in [5, 5.41) is 9.44. The smallest absolute Gasteiger partial charge is 0.174 e. The van der Waals surface area contributed by atoms with E-state index in [9.17, 15) is 5.11 Å². The number of aliphatic hydroxyl groups is 1. The van der Waals surface area contributed by atoms with Crippen LogP contribution < -0.4 is 0 Å². The van der Waals surface area contributed by atoms with Crippen molar-refractivity contribution in [2.24, 2.45) is 0 Å². The minimum atomic E-state index is -1.33. The molecular formula is C17H32O2PtSi2. The molecule has 1 saturated carbocycles. The van der Waals surface area contributed by atoms with E-state index in [1.165, 1.54) is 18.9 Å². The van der Waals surface area contributed by atoms with Crippen LogP contribution in [0.3, 0.4) is 0 Å². The molecule has 1 unspecified atom stereocenters. The second-order valence-corrected chi connectivity index (χ2v) is 22.8. The Kier molecular flexibility index (Phi) is 9.13. The largest absolute Gasteiger partial charge is 0.414 e. The van der Waals surface area contributed by atoms with Gasteiger partial charge in [-0.3, -0.25) is 0 Å². The van der Waals surface area contributed by atoms with Crippen LogP contribution in [0, 0.1) is 12.3 Å². The molecule has 130 valence electrons. The van der Waals surface area contributed by atoms with Gasteiger partial charge in [0.05, 0.1) is 13.7 Å². The molecule has 22 heavy (non-hydrogen) atoms. The Hall–Kier alpha value is 0.342. The molecule has 0 bridgehead atoms. The van der Waals surface area contributed by atoms with Gasteiger partial charge in [-0.25, -0.2) is 0 Å². The van der Waals surface area contributed by atoms with E-state index in [1.54, 1.807) is 0 Å². The fourth-order valence-electron chi connectivity index (χ4n) is 2.85. The van der Waals surface area contributed by atoms with Crippen molar-refractivity contribution in [2.45, 2.75) is 82.5 Å². The maximum atomic E-state index is 9.44. The molecule has 1 saturated heterocycles. The predicted octanol–water partition coefficient (Wildman–Crippen LogP) is 4.27. The van der Waals surface area contributed by atoms with Crippen LogP contribution in [0.2, 0.25) is 32.2 Å². The topological polar surface area (TPSA) is 29.5 Å². The third-order valence-corrected chi connectivity index (χ3v) is 21.9. The molecule has 1 atom stereocenters. The maximum Gasteiger partial charge on any atom is 0.174 e. The van der Waals surface area contributed by atoms with Crippen LogP contribution in [-0.2, 0) is 25.5 Å². The summed E-state index contributed by atoms with van der Waals surface area (Å²) in [7, 11) is -2.34. The van der Waals surface area contributed by atoms with Gasteiger partial charge in [-0.15, -0.1) is 13.0 Å². The molecule has 1 heterocycles. The van der Waals surface area contributed by atoms with Gasteiger partial charge in [-0.1, -0.05) is 37.6 Å². The van der Waals surface area contributed by atoms with Crippen LogP contribution in [0.1, 0.15) is 38.5 Å². The first-order valence-electron chi connectivity index (χ1n) is 8.16. The first kappa shape index (κ1) is 22.3. The van der Waals surface area contributed by atoms with Gasteiger partial charge in [0.25, 0.3) is 0 Å². The zero-order valence-corrected chi connectivity index (χ0v) is 18.8. The van der Waals surface area contributed by atoms with Crippen molar-refractivity contribution >= 4 is 15.4 Å². The zero-order valence-electron chi connectivity index (χ0n) is 14.6. The third kappa shape index (κ3) is 6.09. The Bertz CT molecular complexity index is 396. The van der Waals surface area contributed by atoms with E-state index in [2.05, 4.69) is 38.7 Å². The molecule has 1 aliphatic heterocycles. The summed E-state index contributed by atoms with van der Waals surface area (Å²) in [6, 6.07) is 1.42. The van der Waals surface area contributed by atoms with Crippen LogP contribution in [0.4, 0.5) is 0 Å². The third-order valence-electron chi connectivity index (χ3n) is 5.34. The van der Waals surface area contributed by atoms with Crippen molar-refractivity contribution in [1.29, 1.82) is 0 Å². The van der Waals surface area contributed by atoms with Gasteiger partial charge in [0.1, 0.15) is 5.60 Å². The summed E-state index contributed by atoms with van der Waals surface area (Å²) in [6.07, 6.45) is 13.7. The molecule has 2 nitrogen and oxygen atoms in total. The van der Waals surface area contributed by atoms with Crippen LogP contribution >= 0.6 is 0 Å². The predicted molar refractivity (Wildman–Crippen MR) is 96.3 cm³/mol. The van der Waals surface area contributed by atoms with Crippen molar-refractivity contribution in [3.63, 3.8) is 0 Å². The van der Waals surface area contributed by atoms with Crippen molar-refractivity contribution in [2.75, 3.05) is 0 Å². The minimum absolute atomic E-state index is 0. The molecular weight excluding hydrogens is 487 g/mol. The van der Waals surface area contributed by atoms with Crippen molar-refractivity contribution in [3.8, 4) is 12.3 Å². The van der Waals surface area contributed by atoms with Gasteiger partial charge in [-0.05, 0) is 45.2 Å². The normalized spacial score (nSPS) is 28.1. The average Bonchev–Trinajstić information content (AvgIpc) is 2.43. The number of rotatable bonds is 1. The SMILES string of the molecule is C#CC1(O)CCCCC1.C=CC1CC[Si](C)(C)[Si](C)(C)O1.[Pt]. The van der Waals surface area contributed by atoms with Gasteiger partial charge in [-0.2, -0.15) is 0 Å². The Morgan fingerprint density at radius 2 is 1.77 bits per heavy atom. The van der Waals surface area contributed by atoms with Crippen molar-refractivity contribution in [1.82, 2.24) is 0 Å². The fraction of sp³-hybridized carbons (Fsp3) is 0.765. The molecule has 1 aliphatic carbocycles. The van der Waals surface area contributed by atoms with Gasteiger partial charge in [0.2, 0.25) is 0 Å². The summed E-state index contributed by atoms with van der Waals surface area (Å²) in [4.78, 5) is 0. The molecule has 2 fully saturated rings. The van der Waals surface area contributed by atoms with E-state index in [0.717, 1.165) is 25.7 Å². The van der Waals surface area contributed by atoms with Gasteiger partial charge >= 0.3 is 0 Å². The first-order chi connectivity index (χ1) is 9.66. The summed E-state index contributed by atoms with van der Waals surface area (Å²) >= 11 is 0. The van der Waals surface area contributed by atoms with Gasteiger partial charge < -0.3 is 9.53 Å². The maximum absolute atomic E-state index is 9.44. The Morgan fingerprint density at radius 1 is 1.23 bits per heavy atom. The van der Waals surface area contributed by atoms with E-state index in [4.69, 9.17) is 10.8 Å². The molecule has 0 aromatic rings. The number of terminal acetylenes is 1. The van der Waals surface area contributed by atoms with E-state index < -0.39 is 21.0 Å². The monoisotopic (exact) mass is 519 g/mol. The molecule has 0 spiro atoms. The summed E-state index contributed by atoms with van der Waals surface area (Å²) in [6.45, 7) is 13.5. The zero-order chi connectivity index (χ0) is 16.1. The van der Waals surface area contributed by atoms with Crippen LogP contribution in [-0.4, -0.2) is 32.2 Å². The number of hydrogen-bond donors (Lipinski definition) is 1. The van der Waals surface area contributed by atoms with Crippen molar-refractivity contribution < 1.29 is 30.6 Å². The molecule has 2 rings (SSSR count). The van der Waals surface area contributed by atoms with Gasteiger partial charge in [0.15, 0.2) is 7.83 Å².